The van der Waals surface area contributed by atoms with Gasteiger partial charge in [0.05, 0.1) is 6.42 Å². The molecule has 1 atom stereocenters. The van der Waals surface area contributed by atoms with Crippen molar-refractivity contribution in [2.45, 2.75) is 58.4 Å². The molecular formula is C17H25NO2. The monoisotopic (exact) mass is 275 g/mol. The standard InChI is InChI=1S/C17H25NO2/c1-12-5-6-14(9-13(12)2)15(18)10-17(11-16(19)20)7-3-4-8-17/h5-6,9,15H,3-4,7-8,10-11,18H2,1-2H3,(H,19,20). The predicted octanol–water partition coefficient (Wildman–Crippen LogP) is 3.73. The predicted molar refractivity (Wildman–Crippen MR) is 80.6 cm³/mol. The van der Waals surface area contributed by atoms with Gasteiger partial charge in [0.2, 0.25) is 0 Å². The van der Waals surface area contributed by atoms with Crippen molar-refractivity contribution in [2.24, 2.45) is 11.1 Å². The lowest BCUT2D eigenvalue weighted by molar-refractivity contribution is -0.139. The van der Waals surface area contributed by atoms with Gasteiger partial charge in [-0.1, -0.05) is 31.0 Å². The van der Waals surface area contributed by atoms with E-state index < -0.39 is 5.97 Å². The van der Waals surface area contributed by atoms with Crippen LogP contribution >= 0.6 is 0 Å². The lowest BCUT2D eigenvalue weighted by Crippen LogP contribution is -2.27. The molecule has 20 heavy (non-hydrogen) atoms. The maximum absolute atomic E-state index is 11.1. The topological polar surface area (TPSA) is 63.3 Å². The number of hydrogen-bond donors (Lipinski definition) is 2. The van der Waals surface area contributed by atoms with Crippen molar-refractivity contribution >= 4 is 5.97 Å². The van der Waals surface area contributed by atoms with E-state index in [0.29, 0.717) is 0 Å². The van der Waals surface area contributed by atoms with Crippen LogP contribution in [0.5, 0.6) is 0 Å². The average molecular weight is 275 g/mol. The molecule has 0 bridgehead atoms. The fourth-order valence-electron chi connectivity index (χ4n) is 3.48. The number of rotatable bonds is 5. The van der Waals surface area contributed by atoms with Gasteiger partial charge >= 0.3 is 5.97 Å². The Labute approximate surface area is 121 Å². The second kappa shape index (κ2) is 5.96. The summed E-state index contributed by atoms with van der Waals surface area (Å²) < 4.78 is 0. The molecule has 1 fully saturated rings. The van der Waals surface area contributed by atoms with Crippen molar-refractivity contribution in [3.63, 3.8) is 0 Å². The zero-order valence-corrected chi connectivity index (χ0v) is 12.5. The summed E-state index contributed by atoms with van der Waals surface area (Å²) in [6, 6.07) is 6.26. The van der Waals surface area contributed by atoms with Crippen LogP contribution in [0.1, 0.15) is 61.3 Å². The maximum Gasteiger partial charge on any atom is 0.303 e. The SMILES string of the molecule is Cc1ccc(C(N)CC2(CC(=O)O)CCCC2)cc1C. The second-order valence-electron chi connectivity index (χ2n) is 6.43. The van der Waals surface area contributed by atoms with E-state index in [1.54, 1.807) is 0 Å². The van der Waals surface area contributed by atoms with Gasteiger partial charge in [0, 0.05) is 6.04 Å². The highest BCUT2D eigenvalue weighted by Gasteiger charge is 2.37. The first-order valence-corrected chi connectivity index (χ1v) is 7.46. The number of aryl methyl sites for hydroxylation is 2. The van der Waals surface area contributed by atoms with Gasteiger partial charge in [-0.05, 0) is 55.2 Å². The van der Waals surface area contributed by atoms with Crippen molar-refractivity contribution in [1.82, 2.24) is 0 Å². The molecule has 2 rings (SSSR count). The molecule has 0 amide bonds. The van der Waals surface area contributed by atoms with E-state index in [2.05, 4.69) is 32.0 Å². The lowest BCUT2D eigenvalue weighted by Gasteiger charge is -2.30. The molecule has 1 unspecified atom stereocenters. The van der Waals surface area contributed by atoms with Gasteiger partial charge in [-0.25, -0.2) is 0 Å². The second-order valence-corrected chi connectivity index (χ2v) is 6.43. The molecule has 0 spiro atoms. The van der Waals surface area contributed by atoms with Crippen LogP contribution in [0.2, 0.25) is 0 Å². The largest absolute Gasteiger partial charge is 0.481 e. The van der Waals surface area contributed by atoms with Crippen molar-refractivity contribution in [2.75, 3.05) is 0 Å². The number of hydrogen-bond acceptors (Lipinski definition) is 2. The molecule has 1 aromatic carbocycles. The molecule has 0 aliphatic heterocycles. The molecule has 0 radical (unpaired) electrons. The molecular weight excluding hydrogens is 250 g/mol. The van der Waals surface area contributed by atoms with Crippen LogP contribution < -0.4 is 5.73 Å². The van der Waals surface area contributed by atoms with Crippen molar-refractivity contribution in [1.29, 1.82) is 0 Å². The van der Waals surface area contributed by atoms with Gasteiger partial charge < -0.3 is 10.8 Å². The summed E-state index contributed by atoms with van der Waals surface area (Å²) in [5.74, 6) is -0.695. The Balaban J connectivity index is 2.13. The molecule has 1 aliphatic rings. The van der Waals surface area contributed by atoms with Crippen molar-refractivity contribution in [3.8, 4) is 0 Å². The molecule has 3 nitrogen and oxygen atoms in total. The van der Waals surface area contributed by atoms with E-state index in [1.165, 1.54) is 11.1 Å². The Morgan fingerprint density at radius 3 is 2.50 bits per heavy atom. The third kappa shape index (κ3) is 3.40. The quantitative estimate of drug-likeness (QED) is 0.860. The minimum absolute atomic E-state index is 0.0632. The van der Waals surface area contributed by atoms with Gasteiger partial charge in [-0.15, -0.1) is 0 Å². The number of carboxylic acids is 1. The summed E-state index contributed by atoms with van der Waals surface area (Å²) in [5.41, 5.74) is 9.91. The fourth-order valence-corrected chi connectivity index (χ4v) is 3.48. The molecule has 0 heterocycles. The number of carboxylic acid groups (broad SMARTS) is 1. The molecule has 1 aliphatic carbocycles. The minimum atomic E-state index is -0.695. The summed E-state index contributed by atoms with van der Waals surface area (Å²) in [5, 5.41) is 9.16. The smallest absolute Gasteiger partial charge is 0.303 e. The van der Waals surface area contributed by atoms with Crippen molar-refractivity contribution in [3.05, 3.63) is 34.9 Å². The maximum atomic E-state index is 11.1. The third-order valence-corrected chi connectivity index (χ3v) is 4.80. The number of benzene rings is 1. The van der Waals surface area contributed by atoms with Crippen LogP contribution in [0.3, 0.4) is 0 Å². The van der Waals surface area contributed by atoms with E-state index in [0.717, 1.165) is 37.7 Å². The number of aliphatic carboxylic acids is 1. The van der Waals surface area contributed by atoms with E-state index in [-0.39, 0.29) is 17.9 Å². The van der Waals surface area contributed by atoms with Gasteiger partial charge in [0.1, 0.15) is 0 Å². The number of carbonyl (C=O) groups is 1. The average Bonchev–Trinajstić information content (AvgIpc) is 2.79. The van der Waals surface area contributed by atoms with Gasteiger partial charge in [-0.2, -0.15) is 0 Å². The Morgan fingerprint density at radius 2 is 1.95 bits per heavy atom. The Bertz CT molecular complexity index is 490. The third-order valence-electron chi connectivity index (χ3n) is 4.80. The van der Waals surface area contributed by atoms with Gasteiger partial charge in [0.15, 0.2) is 0 Å². The highest BCUT2D eigenvalue weighted by atomic mass is 16.4. The molecule has 0 saturated heterocycles. The number of nitrogens with two attached hydrogens (primary N) is 1. The highest BCUT2D eigenvalue weighted by molar-refractivity contribution is 5.67. The van der Waals surface area contributed by atoms with E-state index in [4.69, 9.17) is 10.8 Å². The first-order chi connectivity index (χ1) is 9.42. The summed E-state index contributed by atoms with van der Waals surface area (Å²) in [7, 11) is 0. The molecule has 1 saturated carbocycles. The van der Waals surface area contributed by atoms with Crippen LogP contribution in [-0.2, 0) is 4.79 Å². The van der Waals surface area contributed by atoms with Gasteiger partial charge in [-0.3, -0.25) is 4.79 Å². The van der Waals surface area contributed by atoms with Crippen LogP contribution in [0.25, 0.3) is 0 Å². The van der Waals surface area contributed by atoms with Crippen LogP contribution in [0.15, 0.2) is 18.2 Å². The summed E-state index contributed by atoms with van der Waals surface area (Å²) in [6.07, 6.45) is 5.29. The van der Waals surface area contributed by atoms with Crippen LogP contribution in [-0.4, -0.2) is 11.1 Å². The summed E-state index contributed by atoms with van der Waals surface area (Å²) >= 11 is 0. The van der Waals surface area contributed by atoms with Gasteiger partial charge in [0.25, 0.3) is 0 Å². The molecule has 0 aromatic heterocycles. The summed E-state index contributed by atoms with van der Waals surface area (Å²) in [6.45, 7) is 4.18. The summed E-state index contributed by atoms with van der Waals surface area (Å²) in [4.78, 5) is 11.1. The Morgan fingerprint density at radius 1 is 1.30 bits per heavy atom. The van der Waals surface area contributed by atoms with Crippen LogP contribution in [0.4, 0.5) is 0 Å². The van der Waals surface area contributed by atoms with E-state index in [9.17, 15) is 4.79 Å². The first kappa shape index (κ1) is 15.0. The van der Waals surface area contributed by atoms with Crippen molar-refractivity contribution < 1.29 is 9.90 Å². The Hall–Kier alpha value is -1.35. The normalized spacial score (nSPS) is 18.9. The molecule has 1 aromatic rings. The Kier molecular flexibility index (Phi) is 4.48. The molecule has 3 heteroatoms. The zero-order valence-electron chi connectivity index (χ0n) is 12.5. The lowest BCUT2D eigenvalue weighted by atomic mass is 9.76. The highest BCUT2D eigenvalue weighted by Crippen LogP contribution is 2.46. The van der Waals surface area contributed by atoms with E-state index in [1.807, 2.05) is 0 Å². The zero-order chi connectivity index (χ0) is 14.8. The molecule has 3 N–H and O–H groups in total. The first-order valence-electron chi connectivity index (χ1n) is 7.46. The minimum Gasteiger partial charge on any atom is -0.481 e. The van der Waals surface area contributed by atoms with Crippen LogP contribution in [0, 0.1) is 19.3 Å². The van der Waals surface area contributed by atoms with E-state index >= 15 is 0 Å². The fraction of sp³-hybridized carbons (Fsp3) is 0.588. The molecule has 110 valence electrons.